The summed E-state index contributed by atoms with van der Waals surface area (Å²) < 4.78 is 0. The van der Waals surface area contributed by atoms with Gasteiger partial charge in [-0.25, -0.2) is 0 Å². The Labute approximate surface area is 60.6 Å². The molecule has 0 aliphatic heterocycles. The van der Waals surface area contributed by atoms with E-state index in [-0.39, 0.29) is 0 Å². The van der Waals surface area contributed by atoms with Crippen molar-refractivity contribution in [3.05, 3.63) is 17.0 Å². The number of azo groups is 1. The third kappa shape index (κ3) is 2.17. The Kier molecular flexibility index (Phi) is 2.42. The highest BCUT2D eigenvalue weighted by Gasteiger charge is 2.03. The van der Waals surface area contributed by atoms with E-state index in [1.165, 1.54) is 19.9 Å². The van der Waals surface area contributed by atoms with E-state index in [4.69, 9.17) is 0 Å². The summed E-state index contributed by atoms with van der Waals surface area (Å²) in [6.45, 7) is 0. The van der Waals surface area contributed by atoms with Crippen molar-refractivity contribution in [3.8, 4) is 0 Å². The number of allylic oxidation sites excluding steroid dienone is 2. The van der Waals surface area contributed by atoms with Gasteiger partial charge >= 0.3 is 0 Å². The second-order valence-electron chi connectivity index (χ2n) is 2.51. The van der Waals surface area contributed by atoms with Gasteiger partial charge < -0.3 is 5.21 Å². The Balaban J connectivity index is 2.54. The van der Waals surface area contributed by atoms with Crippen LogP contribution < -0.4 is 0 Å². The number of hydrogen-bond donors (Lipinski definition) is 0. The highest BCUT2D eigenvalue weighted by Crippen LogP contribution is 2.17. The van der Waals surface area contributed by atoms with Crippen LogP contribution in [0.4, 0.5) is 0 Å². The molecule has 0 unspecified atom stereocenters. The van der Waals surface area contributed by atoms with Crippen LogP contribution in [-0.2, 0) is 0 Å². The maximum atomic E-state index is 10.4. The molecule has 0 aromatic carbocycles. The number of nitrogens with zero attached hydrogens (tertiary/aromatic N) is 2. The molecule has 3 nitrogen and oxygen atoms in total. The lowest BCUT2D eigenvalue weighted by Crippen LogP contribution is -1.94. The highest BCUT2D eigenvalue weighted by atomic mass is 16.5. The molecule has 1 rings (SSSR count). The van der Waals surface area contributed by atoms with Crippen molar-refractivity contribution in [2.45, 2.75) is 25.7 Å². The summed E-state index contributed by atoms with van der Waals surface area (Å²) >= 11 is 0. The molecule has 0 spiro atoms. The molecule has 0 saturated heterocycles. The van der Waals surface area contributed by atoms with Crippen LogP contribution in [0.15, 0.2) is 16.9 Å². The summed E-state index contributed by atoms with van der Waals surface area (Å²) in [6, 6.07) is 0. The zero-order chi connectivity index (χ0) is 7.40. The number of hydroxylamine groups is 1. The van der Waals surface area contributed by atoms with Crippen molar-refractivity contribution in [3.63, 3.8) is 0 Å². The van der Waals surface area contributed by atoms with Crippen LogP contribution in [0.5, 0.6) is 0 Å². The quantitative estimate of drug-likeness (QED) is 0.312. The van der Waals surface area contributed by atoms with Crippen LogP contribution >= 0.6 is 0 Å². The molecule has 0 fully saturated rings. The first-order valence-electron chi connectivity index (χ1n) is 3.60. The zero-order valence-electron chi connectivity index (χ0n) is 6.21. The predicted octanol–water partition coefficient (Wildman–Crippen LogP) is 2.04. The van der Waals surface area contributed by atoms with E-state index >= 15 is 0 Å². The first-order chi connectivity index (χ1) is 4.79. The van der Waals surface area contributed by atoms with Crippen LogP contribution in [0, 0.1) is 5.21 Å². The average Bonchev–Trinajstić information content (AvgIpc) is 1.88. The monoisotopic (exact) mass is 140 g/mol. The Morgan fingerprint density at radius 1 is 1.60 bits per heavy atom. The molecule has 0 atom stereocenters. The molecule has 0 radical (unpaired) electrons. The minimum Gasteiger partial charge on any atom is -0.600 e. The largest absolute Gasteiger partial charge is 0.600 e. The van der Waals surface area contributed by atoms with Crippen LogP contribution in [0.25, 0.3) is 0 Å². The summed E-state index contributed by atoms with van der Waals surface area (Å²) in [7, 11) is 1.41. The summed E-state index contributed by atoms with van der Waals surface area (Å²) in [6.07, 6.45) is 6.49. The van der Waals surface area contributed by atoms with Crippen molar-refractivity contribution in [1.82, 2.24) is 0 Å². The molecule has 0 N–H and O–H groups in total. The molecule has 3 heteroatoms. The van der Waals surface area contributed by atoms with Gasteiger partial charge in [0.05, 0.1) is 0 Å². The van der Waals surface area contributed by atoms with Crippen LogP contribution in [0.1, 0.15) is 25.7 Å². The van der Waals surface area contributed by atoms with Crippen molar-refractivity contribution >= 4 is 0 Å². The van der Waals surface area contributed by atoms with E-state index in [1.54, 1.807) is 0 Å². The number of hydrogen-bond acceptors (Lipinski definition) is 2. The van der Waals surface area contributed by atoms with Crippen LogP contribution in [-0.4, -0.2) is 11.9 Å². The van der Waals surface area contributed by atoms with Gasteiger partial charge in [-0.3, -0.25) is 0 Å². The molecule has 0 amide bonds. The normalized spacial score (nSPS) is 20.5. The highest BCUT2D eigenvalue weighted by molar-refractivity contribution is 5.00. The van der Waals surface area contributed by atoms with Gasteiger partial charge in [0.1, 0.15) is 5.70 Å². The molecule has 10 heavy (non-hydrogen) atoms. The van der Waals surface area contributed by atoms with Gasteiger partial charge in [-0.05, 0) is 25.7 Å². The van der Waals surface area contributed by atoms with Crippen molar-refractivity contribution in [2.24, 2.45) is 5.11 Å². The Morgan fingerprint density at radius 2 is 2.40 bits per heavy atom. The Bertz CT molecular complexity index is 168. The van der Waals surface area contributed by atoms with E-state index in [0.29, 0.717) is 4.86 Å². The van der Waals surface area contributed by atoms with Crippen molar-refractivity contribution < 1.29 is 4.86 Å². The van der Waals surface area contributed by atoms with E-state index < -0.39 is 0 Å². The molecule has 0 bridgehead atoms. The summed E-state index contributed by atoms with van der Waals surface area (Å²) in [5.41, 5.74) is 0.948. The van der Waals surface area contributed by atoms with Gasteiger partial charge in [-0.2, -0.15) is 0 Å². The minimum absolute atomic E-state index is 0.622. The lowest BCUT2D eigenvalue weighted by atomic mass is 10.1. The maximum Gasteiger partial charge on any atom is 0.171 e. The van der Waals surface area contributed by atoms with Crippen LogP contribution in [0.2, 0.25) is 0 Å². The molecule has 1 aliphatic rings. The summed E-state index contributed by atoms with van der Waals surface area (Å²) in [4.78, 5) is 0.622. The number of rotatable bonds is 1. The van der Waals surface area contributed by atoms with Gasteiger partial charge in [-0.1, -0.05) is 10.9 Å². The van der Waals surface area contributed by atoms with Gasteiger partial charge in [-0.15, -0.1) is 0 Å². The SMILES string of the molecule is C[N+]([O-])=NC1=CCCCC1. The van der Waals surface area contributed by atoms with E-state index in [0.717, 1.165) is 18.5 Å². The van der Waals surface area contributed by atoms with Crippen LogP contribution in [0.3, 0.4) is 0 Å². The Morgan fingerprint density at radius 3 is 2.90 bits per heavy atom. The predicted molar refractivity (Wildman–Crippen MR) is 38.5 cm³/mol. The summed E-state index contributed by atoms with van der Waals surface area (Å²) in [5.74, 6) is 0. The van der Waals surface area contributed by atoms with Gasteiger partial charge in [0, 0.05) is 5.11 Å². The molecule has 0 saturated carbocycles. The maximum absolute atomic E-state index is 10.4. The lowest BCUT2D eigenvalue weighted by Gasteiger charge is -2.04. The smallest absolute Gasteiger partial charge is 0.171 e. The molecule has 0 aromatic heterocycles. The first kappa shape index (κ1) is 7.25. The van der Waals surface area contributed by atoms with E-state index in [9.17, 15) is 5.21 Å². The fourth-order valence-corrected chi connectivity index (χ4v) is 1.09. The van der Waals surface area contributed by atoms with Crippen molar-refractivity contribution in [2.75, 3.05) is 7.05 Å². The zero-order valence-corrected chi connectivity index (χ0v) is 6.21. The molecule has 0 heterocycles. The van der Waals surface area contributed by atoms with Crippen molar-refractivity contribution in [1.29, 1.82) is 0 Å². The average molecular weight is 140 g/mol. The lowest BCUT2D eigenvalue weighted by molar-refractivity contribution is -0.495. The van der Waals surface area contributed by atoms with Gasteiger partial charge in [0.2, 0.25) is 0 Å². The first-order valence-corrected chi connectivity index (χ1v) is 3.60. The second kappa shape index (κ2) is 3.34. The molecule has 0 aromatic rings. The van der Waals surface area contributed by atoms with E-state index in [2.05, 4.69) is 5.11 Å². The second-order valence-corrected chi connectivity index (χ2v) is 2.51. The third-order valence-electron chi connectivity index (χ3n) is 1.54. The topological polar surface area (TPSA) is 38.4 Å². The Hall–Kier alpha value is -0.860. The molecular weight excluding hydrogens is 128 g/mol. The molecular formula is C7H12N2O. The minimum atomic E-state index is 0.622. The molecule has 56 valence electrons. The molecule has 1 aliphatic carbocycles. The third-order valence-corrected chi connectivity index (χ3v) is 1.54. The standard InChI is InChI=1S/C7H12N2O/c1-9(10)8-7-5-3-2-4-6-7/h5H,2-4,6H2,1H3. The summed E-state index contributed by atoms with van der Waals surface area (Å²) in [5, 5.41) is 14.2. The fraction of sp³-hybridized carbons (Fsp3) is 0.714. The fourth-order valence-electron chi connectivity index (χ4n) is 1.09. The van der Waals surface area contributed by atoms with Gasteiger partial charge in [0.25, 0.3) is 0 Å². The van der Waals surface area contributed by atoms with E-state index in [1.807, 2.05) is 6.08 Å². The van der Waals surface area contributed by atoms with Gasteiger partial charge in [0.15, 0.2) is 7.05 Å².